The van der Waals surface area contributed by atoms with Crippen molar-refractivity contribution >= 4 is 11.8 Å². The summed E-state index contributed by atoms with van der Waals surface area (Å²) in [6.07, 6.45) is 4.86. The summed E-state index contributed by atoms with van der Waals surface area (Å²) in [5.74, 6) is -0.172. The van der Waals surface area contributed by atoms with Crippen molar-refractivity contribution in [3.8, 4) is 5.75 Å². The molecule has 0 aliphatic heterocycles. The third-order valence-electron chi connectivity index (χ3n) is 5.41. The minimum atomic E-state index is -0.530. The normalized spacial score (nSPS) is 18.5. The van der Waals surface area contributed by atoms with Crippen LogP contribution in [0.1, 0.15) is 52.0 Å². The fourth-order valence-corrected chi connectivity index (χ4v) is 3.67. The van der Waals surface area contributed by atoms with Gasteiger partial charge in [-0.25, -0.2) is 0 Å². The Morgan fingerprint density at radius 3 is 2.57 bits per heavy atom. The van der Waals surface area contributed by atoms with Crippen LogP contribution in [0.4, 0.5) is 0 Å². The SMILES string of the molecule is CNC(=O)c1cc(C(=O)NC2CCC(N)CC2)cn(Cc2cccc(OC)c2)c1=O. The monoisotopic (exact) mass is 412 g/mol. The minimum absolute atomic E-state index is 0.0412. The molecular weight excluding hydrogens is 384 g/mol. The van der Waals surface area contributed by atoms with E-state index in [4.69, 9.17) is 10.5 Å². The molecule has 1 heterocycles. The van der Waals surface area contributed by atoms with Crippen molar-refractivity contribution in [2.45, 2.75) is 44.3 Å². The van der Waals surface area contributed by atoms with Gasteiger partial charge < -0.3 is 25.7 Å². The van der Waals surface area contributed by atoms with E-state index in [2.05, 4.69) is 10.6 Å². The van der Waals surface area contributed by atoms with E-state index in [0.29, 0.717) is 5.75 Å². The maximum atomic E-state index is 12.9. The maximum Gasteiger partial charge on any atom is 0.263 e. The van der Waals surface area contributed by atoms with Crippen LogP contribution in [0.3, 0.4) is 0 Å². The molecule has 30 heavy (non-hydrogen) atoms. The van der Waals surface area contributed by atoms with Gasteiger partial charge in [0.2, 0.25) is 0 Å². The van der Waals surface area contributed by atoms with Gasteiger partial charge in [-0.1, -0.05) is 12.1 Å². The lowest BCUT2D eigenvalue weighted by molar-refractivity contribution is 0.0925. The number of nitrogens with one attached hydrogen (secondary N) is 2. The third kappa shape index (κ3) is 5.07. The van der Waals surface area contributed by atoms with Crippen LogP contribution in [-0.4, -0.2) is 42.6 Å². The lowest BCUT2D eigenvalue weighted by Crippen LogP contribution is -2.41. The fourth-order valence-electron chi connectivity index (χ4n) is 3.67. The van der Waals surface area contributed by atoms with Gasteiger partial charge in [-0.05, 0) is 49.4 Å². The lowest BCUT2D eigenvalue weighted by atomic mass is 9.91. The summed E-state index contributed by atoms with van der Waals surface area (Å²) in [5, 5.41) is 5.47. The molecule has 0 atom stereocenters. The number of rotatable bonds is 6. The molecule has 0 saturated heterocycles. The van der Waals surface area contributed by atoms with E-state index < -0.39 is 11.5 Å². The van der Waals surface area contributed by atoms with Gasteiger partial charge in [-0.3, -0.25) is 14.4 Å². The Balaban J connectivity index is 1.90. The Bertz CT molecular complexity index is 977. The van der Waals surface area contributed by atoms with E-state index in [9.17, 15) is 14.4 Å². The van der Waals surface area contributed by atoms with Gasteiger partial charge in [0.15, 0.2) is 0 Å². The molecule has 1 saturated carbocycles. The zero-order valence-electron chi connectivity index (χ0n) is 17.3. The zero-order chi connectivity index (χ0) is 21.7. The molecule has 1 aromatic heterocycles. The number of methoxy groups -OCH3 is 1. The maximum absolute atomic E-state index is 12.9. The fraction of sp³-hybridized carbons (Fsp3) is 0.409. The summed E-state index contributed by atoms with van der Waals surface area (Å²) >= 11 is 0. The molecule has 3 rings (SSSR count). The quantitative estimate of drug-likeness (QED) is 0.661. The van der Waals surface area contributed by atoms with Crippen molar-refractivity contribution < 1.29 is 14.3 Å². The van der Waals surface area contributed by atoms with Crippen LogP contribution in [0.5, 0.6) is 5.75 Å². The number of benzene rings is 1. The Kier molecular flexibility index (Phi) is 6.89. The van der Waals surface area contributed by atoms with Gasteiger partial charge in [0, 0.05) is 25.3 Å². The lowest BCUT2D eigenvalue weighted by Gasteiger charge is -2.27. The van der Waals surface area contributed by atoms with Crippen LogP contribution in [-0.2, 0) is 6.54 Å². The highest BCUT2D eigenvalue weighted by molar-refractivity contribution is 5.99. The second-order valence-corrected chi connectivity index (χ2v) is 7.59. The van der Waals surface area contributed by atoms with Gasteiger partial charge >= 0.3 is 0 Å². The molecule has 0 spiro atoms. The zero-order valence-corrected chi connectivity index (χ0v) is 17.3. The number of amides is 2. The average Bonchev–Trinajstić information content (AvgIpc) is 2.76. The van der Waals surface area contributed by atoms with Crippen LogP contribution in [0.15, 0.2) is 41.3 Å². The van der Waals surface area contributed by atoms with Crippen molar-refractivity contribution in [2.24, 2.45) is 5.73 Å². The molecule has 8 heteroatoms. The van der Waals surface area contributed by atoms with Crippen LogP contribution in [0.2, 0.25) is 0 Å². The smallest absolute Gasteiger partial charge is 0.263 e. The third-order valence-corrected chi connectivity index (χ3v) is 5.41. The highest BCUT2D eigenvalue weighted by Gasteiger charge is 2.22. The van der Waals surface area contributed by atoms with Gasteiger partial charge in [-0.15, -0.1) is 0 Å². The standard InChI is InChI=1S/C22H28N4O4/c1-24-21(28)19-11-15(20(27)25-17-8-6-16(23)7-9-17)13-26(22(19)29)12-14-4-3-5-18(10-14)30-2/h3-5,10-11,13,16-17H,6-9,12,23H2,1-2H3,(H,24,28)(H,25,27). The Labute approximate surface area is 175 Å². The summed E-state index contributed by atoms with van der Waals surface area (Å²) in [6.45, 7) is 0.208. The largest absolute Gasteiger partial charge is 0.497 e. The van der Waals surface area contributed by atoms with E-state index in [1.165, 1.54) is 23.9 Å². The summed E-state index contributed by atoms with van der Waals surface area (Å²) in [4.78, 5) is 38.0. The molecule has 4 N–H and O–H groups in total. The number of hydrogen-bond donors (Lipinski definition) is 3. The summed E-state index contributed by atoms with van der Waals surface area (Å²) in [6, 6.07) is 8.87. The molecule has 2 aromatic rings. The molecule has 8 nitrogen and oxygen atoms in total. The molecule has 0 bridgehead atoms. The highest BCUT2D eigenvalue weighted by atomic mass is 16.5. The number of carbonyl (C=O) groups is 2. The predicted octanol–water partition coefficient (Wildman–Crippen LogP) is 1.26. The molecule has 0 radical (unpaired) electrons. The number of hydrogen-bond acceptors (Lipinski definition) is 5. The molecule has 1 fully saturated rings. The van der Waals surface area contributed by atoms with E-state index in [0.717, 1.165) is 31.2 Å². The summed E-state index contributed by atoms with van der Waals surface area (Å²) in [7, 11) is 3.02. The van der Waals surface area contributed by atoms with Crippen molar-refractivity contribution in [3.05, 3.63) is 63.6 Å². The molecule has 1 aromatic carbocycles. The molecule has 1 aliphatic rings. The number of carbonyl (C=O) groups excluding carboxylic acids is 2. The molecule has 160 valence electrons. The first-order valence-electron chi connectivity index (χ1n) is 10.1. The van der Waals surface area contributed by atoms with Gasteiger partial charge in [0.1, 0.15) is 11.3 Å². The van der Waals surface area contributed by atoms with Crippen LogP contribution in [0, 0.1) is 0 Å². The topological polar surface area (TPSA) is 115 Å². The molecule has 0 unspecified atom stereocenters. The van der Waals surface area contributed by atoms with E-state index in [1.807, 2.05) is 24.3 Å². The van der Waals surface area contributed by atoms with Crippen molar-refractivity contribution in [2.75, 3.05) is 14.2 Å². The van der Waals surface area contributed by atoms with Crippen molar-refractivity contribution in [3.63, 3.8) is 0 Å². The first-order chi connectivity index (χ1) is 14.4. The predicted molar refractivity (Wildman–Crippen MR) is 114 cm³/mol. The average molecular weight is 412 g/mol. The second-order valence-electron chi connectivity index (χ2n) is 7.59. The van der Waals surface area contributed by atoms with Gasteiger partial charge in [0.25, 0.3) is 17.4 Å². The number of pyridine rings is 1. The number of nitrogens with zero attached hydrogens (tertiary/aromatic N) is 1. The van der Waals surface area contributed by atoms with E-state index in [1.54, 1.807) is 7.11 Å². The molecule has 1 aliphatic carbocycles. The second kappa shape index (κ2) is 9.58. The number of ether oxygens (including phenoxy) is 1. The number of aromatic nitrogens is 1. The summed E-state index contributed by atoms with van der Waals surface area (Å²) < 4.78 is 6.61. The number of nitrogens with two attached hydrogens (primary N) is 1. The Morgan fingerprint density at radius 2 is 1.90 bits per heavy atom. The van der Waals surface area contributed by atoms with E-state index in [-0.39, 0.29) is 35.7 Å². The molecule has 2 amide bonds. The van der Waals surface area contributed by atoms with E-state index >= 15 is 0 Å². The molecular formula is C22H28N4O4. The van der Waals surface area contributed by atoms with Gasteiger partial charge in [-0.2, -0.15) is 0 Å². The van der Waals surface area contributed by atoms with Crippen molar-refractivity contribution in [1.29, 1.82) is 0 Å². The van der Waals surface area contributed by atoms with Crippen LogP contribution in [0.25, 0.3) is 0 Å². The Morgan fingerprint density at radius 1 is 1.17 bits per heavy atom. The minimum Gasteiger partial charge on any atom is -0.497 e. The highest BCUT2D eigenvalue weighted by Crippen LogP contribution is 2.18. The summed E-state index contributed by atoms with van der Waals surface area (Å²) in [5.41, 5.74) is 6.49. The van der Waals surface area contributed by atoms with Gasteiger partial charge in [0.05, 0.1) is 19.2 Å². The Hall–Kier alpha value is -3.13. The first-order valence-corrected chi connectivity index (χ1v) is 10.1. The van der Waals surface area contributed by atoms with Crippen LogP contribution >= 0.6 is 0 Å². The van der Waals surface area contributed by atoms with Crippen molar-refractivity contribution in [1.82, 2.24) is 15.2 Å². The first kappa shape index (κ1) is 21.6. The van der Waals surface area contributed by atoms with Crippen LogP contribution < -0.4 is 26.7 Å².